The SMILES string of the molecule is O=[C]([AlH2])O[C@@H]1CCNC1. The molecular formula is C5H10AlNO2. The van der Waals surface area contributed by atoms with Crippen LogP contribution in [0.15, 0.2) is 0 Å². The Kier molecular flexibility index (Phi) is 2.52. The van der Waals surface area contributed by atoms with E-state index < -0.39 is 0 Å². The number of nitrogens with one attached hydrogen (secondary N) is 1. The van der Waals surface area contributed by atoms with Crippen LogP contribution in [0.1, 0.15) is 6.42 Å². The van der Waals surface area contributed by atoms with Crippen LogP contribution in [-0.2, 0) is 4.74 Å². The zero-order valence-corrected chi connectivity index (χ0v) is 7.52. The van der Waals surface area contributed by atoms with Crippen molar-refractivity contribution in [3.8, 4) is 0 Å². The lowest BCUT2D eigenvalue weighted by molar-refractivity contribution is 0.132. The predicted octanol–water partition coefficient (Wildman–Crippen LogP) is -0.882. The van der Waals surface area contributed by atoms with Crippen molar-refractivity contribution in [2.75, 3.05) is 13.1 Å². The quantitative estimate of drug-likeness (QED) is 0.484. The number of rotatable bonds is 1. The monoisotopic (exact) mass is 143 g/mol. The largest absolute Gasteiger partial charge is 0.476 e. The van der Waals surface area contributed by atoms with Crippen LogP contribution in [0.4, 0.5) is 4.79 Å². The molecule has 0 aromatic carbocycles. The number of hydrogen-bond donors (Lipinski definition) is 1. The van der Waals surface area contributed by atoms with Gasteiger partial charge >= 0.3 is 16.3 Å². The molecule has 1 rings (SSSR count). The molecule has 1 heterocycles. The first-order chi connectivity index (χ1) is 4.29. The van der Waals surface area contributed by atoms with Crippen LogP contribution >= 0.6 is 0 Å². The molecule has 0 unspecified atom stereocenters. The highest BCUT2D eigenvalue weighted by atomic mass is 27.0. The maximum Gasteiger partial charge on any atom is 0.388 e. The Bertz CT molecular complexity index is 112. The third kappa shape index (κ3) is 2.36. The van der Waals surface area contributed by atoms with E-state index in [4.69, 9.17) is 4.74 Å². The fourth-order valence-corrected chi connectivity index (χ4v) is 1.30. The Hall–Kier alpha value is -0.0375. The van der Waals surface area contributed by atoms with E-state index in [1.807, 2.05) is 0 Å². The molecule has 0 bridgehead atoms. The first-order valence-corrected chi connectivity index (χ1v) is 4.17. The average molecular weight is 143 g/mol. The van der Waals surface area contributed by atoms with Gasteiger partial charge in [0.05, 0.1) is 0 Å². The number of carbonyl (C=O) groups excluding carboxylic acids is 1. The molecule has 0 amide bonds. The zero-order valence-electron chi connectivity index (χ0n) is 5.52. The average Bonchev–Trinajstić information content (AvgIpc) is 2.15. The summed E-state index contributed by atoms with van der Waals surface area (Å²) in [4.78, 5) is 10.4. The topological polar surface area (TPSA) is 38.3 Å². The molecule has 0 aromatic heterocycles. The highest BCUT2D eigenvalue weighted by Gasteiger charge is 2.15. The van der Waals surface area contributed by atoms with E-state index >= 15 is 0 Å². The van der Waals surface area contributed by atoms with Crippen LogP contribution in [0.25, 0.3) is 0 Å². The molecule has 0 saturated carbocycles. The maximum absolute atomic E-state index is 10.4. The van der Waals surface area contributed by atoms with Gasteiger partial charge in [0.2, 0.25) is 0 Å². The van der Waals surface area contributed by atoms with Crippen molar-refractivity contribution in [3.05, 3.63) is 0 Å². The second-order valence-electron chi connectivity index (χ2n) is 2.22. The van der Waals surface area contributed by atoms with Crippen LogP contribution in [0.2, 0.25) is 0 Å². The molecule has 1 aliphatic heterocycles. The van der Waals surface area contributed by atoms with Crippen molar-refractivity contribution in [1.29, 1.82) is 0 Å². The first kappa shape index (κ1) is 7.07. The molecule has 0 aliphatic carbocycles. The van der Waals surface area contributed by atoms with E-state index in [0.717, 1.165) is 19.5 Å². The van der Waals surface area contributed by atoms with Crippen LogP contribution in [-0.4, -0.2) is 40.3 Å². The molecule has 4 heteroatoms. The summed E-state index contributed by atoms with van der Waals surface area (Å²) in [7, 11) is 0. The molecule has 50 valence electrons. The molecule has 9 heavy (non-hydrogen) atoms. The van der Waals surface area contributed by atoms with Gasteiger partial charge in [-0.2, -0.15) is 0 Å². The Morgan fingerprint density at radius 2 is 2.56 bits per heavy atom. The third-order valence-electron chi connectivity index (χ3n) is 1.35. The van der Waals surface area contributed by atoms with Crippen LogP contribution in [0, 0.1) is 0 Å². The molecule has 1 atom stereocenters. The van der Waals surface area contributed by atoms with Gasteiger partial charge < -0.3 is 10.1 Å². The van der Waals surface area contributed by atoms with Gasteiger partial charge in [0.25, 0.3) is 0 Å². The zero-order chi connectivity index (χ0) is 6.69. The normalized spacial score (nSPS) is 26.0. The van der Waals surface area contributed by atoms with E-state index in [0.29, 0.717) is 16.3 Å². The van der Waals surface area contributed by atoms with Gasteiger partial charge in [-0.25, -0.2) is 0 Å². The van der Waals surface area contributed by atoms with Gasteiger partial charge in [0.1, 0.15) is 6.10 Å². The summed E-state index contributed by atoms with van der Waals surface area (Å²) in [6.45, 7) is 1.83. The first-order valence-electron chi connectivity index (χ1n) is 3.17. The molecule has 0 radical (unpaired) electrons. The fourth-order valence-electron chi connectivity index (χ4n) is 0.963. The van der Waals surface area contributed by atoms with E-state index in [9.17, 15) is 4.79 Å². The lowest BCUT2D eigenvalue weighted by Crippen LogP contribution is -2.19. The minimum atomic E-state index is -0.0382. The summed E-state index contributed by atoms with van der Waals surface area (Å²) in [5.74, 6) is 0. The summed E-state index contributed by atoms with van der Waals surface area (Å²) >= 11 is 0.515. The van der Waals surface area contributed by atoms with Crippen molar-refractivity contribution < 1.29 is 9.53 Å². The van der Waals surface area contributed by atoms with Gasteiger partial charge in [-0.3, -0.25) is 4.79 Å². The van der Waals surface area contributed by atoms with E-state index in [-0.39, 0.29) is 10.9 Å². The molecule has 0 aromatic rings. The number of carbonyl (C=O) groups is 1. The molecule has 1 fully saturated rings. The van der Waals surface area contributed by atoms with Crippen molar-refractivity contribution >= 4 is 21.1 Å². The Labute approximate surface area is 62.2 Å². The standard InChI is InChI=1S/C5H8NO2.Al.2H/c7-4-8-5-1-2-6-3-5;;;/h5-6H,1-3H2;;;/t5-;;;/m1.../s1. The molecule has 3 nitrogen and oxygen atoms in total. The van der Waals surface area contributed by atoms with Crippen molar-refractivity contribution in [3.63, 3.8) is 0 Å². The highest BCUT2D eigenvalue weighted by molar-refractivity contribution is 6.55. The van der Waals surface area contributed by atoms with Crippen molar-refractivity contribution in [2.45, 2.75) is 12.5 Å². The molecule has 0 spiro atoms. The Balaban J connectivity index is 2.19. The van der Waals surface area contributed by atoms with Gasteiger partial charge in [-0.1, -0.05) is 0 Å². The van der Waals surface area contributed by atoms with Gasteiger partial charge in [0, 0.05) is 6.54 Å². The Morgan fingerprint density at radius 1 is 1.78 bits per heavy atom. The van der Waals surface area contributed by atoms with Crippen LogP contribution in [0.3, 0.4) is 0 Å². The Morgan fingerprint density at radius 3 is 3.00 bits per heavy atom. The summed E-state index contributed by atoms with van der Waals surface area (Å²) in [6, 6.07) is 0. The van der Waals surface area contributed by atoms with Crippen molar-refractivity contribution in [1.82, 2.24) is 5.32 Å². The van der Waals surface area contributed by atoms with E-state index in [1.165, 1.54) is 0 Å². The maximum atomic E-state index is 10.4. The van der Waals surface area contributed by atoms with Crippen LogP contribution < -0.4 is 5.32 Å². The molecule has 1 N–H and O–H groups in total. The molecule has 1 aliphatic rings. The lowest BCUT2D eigenvalue weighted by atomic mass is 10.3. The highest BCUT2D eigenvalue weighted by Crippen LogP contribution is 2.01. The number of ether oxygens (including phenoxy) is 1. The summed E-state index contributed by atoms with van der Waals surface area (Å²) in [6.07, 6.45) is 1.14. The third-order valence-corrected chi connectivity index (χ3v) is 1.58. The van der Waals surface area contributed by atoms with E-state index in [2.05, 4.69) is 5.32 Å². The fraction of sp³-hybridized carbons (Fsp3) is 0.800. The minimum absolute atomic E-state index is 0.0382. The second-order valence-corrected chi connectivity index (χ2v) is 3.04. The predicted molar refractivity (Wildman–Crippen MR) is 36.3 cm³/mol. The van der Waals surface area contributed by atoms with Gasteiger partial charge in [-0.05, 0) is 13.0 Å². The summed E-state index contributed by atoms with van der Waals surface area (Å²) in [5.41, 5.74) is 0. The molecular weight excluding hydrogens is 133 g/mol. The lowest BCUT2D eigenvalue weighted by Gasteiger charge is -2.07. The smallest absolute Gasteiger partial charge is 0.388 e. The van der Waals surface area contributed by atoms with Gasteiger partial charge in [-0.15, -0.1) is 0 Å². The molecule has 1 saturated heterocycles. The minimum Gasteiger partial charge on any atom is -0.476 e. The van der Waals surface area contributed by atoms with Gasteiger partial charge in [0.15, 0.2) is 4.83 Å². The summed E-state index contributed by atoms with van der Waals surface area (Å²) < 4.78 is 4.97. The number of hydrogen-bond acceptors (Lipinski definition) is 3. The van der Waals surface area contributed by atoms with E-state index in [1.54, 1.807) is 0 Å². The van der Waals surface area contributed by atoms with Crippen molar-refractivity contribution in [2.24, 2.45) is 0 Å². The summed E-state index contributed by atoms with van der Waals surface area (Å²) in [5, 5.41) is 3.12. The van der Waals surface area contributed by atoms with Crippen LogP contribution in [0.5, 0.6) is 0 Å². The second kappa shape index (κ2) is 3.21.